The van der Waals surface area contributed by atoms with Crippen LogP contribution in [0.15, 0.2) is 24.3 Å². The number of halogens is 1. The van der Waals surface area contributed by atoms with Crippen molar-refractivity contribution in [3.05, 3.63) is 29.8 Å². The van der Waals surface area contributed by atoms with Gasteiger partial charge in [-0.15, -0.1) is 12.4 Å². The smallest absolute Gasteiger partial charge is 0.303 e. The van der Waals surface area contributed by atoms with Gasteiger partial charge in [-0.2, -0.15) is 0 Å². The van der Waals surface area contributed by atoms with Crippen molar-refractivity contribution in [2.24, 2.45) is 0 Å². The highest BCUT2D eigenvalue weighted by Gasteiger charge is 1.98. The second-order valence-corrected chi connectivity index (χ2v) is 2.64. The predicted molar refractivity (Wildman–Crippen MR) is 54.1 cm³/mol. The van der Waals surface area contributed by atoms with E-state index in [4.69, 9.17) is 10.8 Å². The number of nitrogen functional groups attached to an aromatic ring is 1. The molecule has 0 aliphatic heterocycles. The first kappa shape index (κ1) is 11.8. The standard InChI is InChI=1S/C9H11NO2.ClH/c10-8-3-1-2-7(6-8)4-5-9(11)12;/h1-3,6H,4-5,10H2,(H,11,12);1H. The maximum absolute atomic E-state index is 10.2. The van der Waals surface area contributed by atoms with E-state index in [2.05, 4.69) is 0 Å². The van der Waals surface area contributed by atoms with Gasteiger partial charge in [0, 0.05) is 12.1 Å². The molecule has 0 atom stereocenters. The third-order valence-electron chi connectivity index (χ3n) is 1.58. The van der Waals surface area contributed by atoms with Crippen LogP contribution in [0.25, 0.3) is 0 Å². The summed E-state index contributed by atoms with van der Waals surface area (Å²) in [5.74, 6) is -0.780. The largest absolute Gasteiger partial charge is 0.481 e. The molecule has 0 spiro atoms. The third-order valence-corrected chi connectivity index (χ3v) is 1.58. The Balaban J connectivity index is 0.00000144. The van der Waals surface area contributed by atoms with E-state index in [0.717, 1.165) is 5.56 Å². The summed E-state index contributed by atoms with van der Waals surface area (Å²) in [5, 5.41) is 8.41. The lowest BCUT2D eigenvalue weighted by molar-refractivity contribution is -0.136. The number of carboxylic acid groups (broad SMARTS) is 1. The Hall–Kier alpha value is -1.22. The molecule has 0 bridgehead atoms. The number of rotatable bonds is 3. The Labute approximate surface area is 83.0 Å². The maximum Gasteiger partial charge on any atom is 0.303 e. The zero-order chi connectivity index (χ0) is 8.97. The summed E-state index contributed by atoms with van der Waals surface area (Å²) in [7, 11) is 0. The lowest BCUT2D eigenvalue weighted by Gasteiger charge is -1.98. The average Bonchev–Trinajstić information content (AvgIpc) is 2.01. The minimum Gasteiger partial charge on any atom is -0.481 e. The molecule has 1 aromatic carbocycles. The van der Waals surface area contributed by atoms with Crippen LogP contribution in [0.1, 0.15) is 12.0 Å². The fraction of sp³-hybridized carbons (Fsp3) is 0.222. The molecule has 13 heavy (non-hydrogen) atoms. The Morgan fingerprint density at radius 1 is 1.46 bits per heavy atom. The molecule has 0 saturated carbocycles. The van der Waals surface area contributed by atoms with E-state index in [1.807, 2.05) is 12.1 Å². The van der Waals surface area contributed by atoms with Gasteiger partial charge in [0.05, 0.1) is 0 Å². The van der Waals surface area contributed by atoms with E-state index >= 15 is 0 Å². The van der Waals surface area contributed by atoms with Crippen LogP contribution in [0.3, 0.4) is 0 Å². The van der Waals surface area contributed by atoms with Gasteiger partial charge in [0.1, 0.15) is 0 Å². The summed E-state index contributed by atoms with van der Waals surface area (Å²) >= 11 is 0. The second kappa shape index (κ2) is 5.43. The third kappa shape index (κ3) is 4.38. The van der Waals surface area contributed by atoms with Gasteiger partial charge in [0.2, 0.25) is 0 Å². The van der Waals surface area contributed by atoms with Crippen molar-refractivity contribution in [1.29, 1.82) is 0 Å². The molecular formula is C9H12ClNO2. The number of anilines is 1. The number of carbonyl (C=O) groups is 1. The van der Waals surface area contributed by atoms with E-state index < -0.39 is 5.97 Å². The Kier molecular flexibility index (Phi) is 4.92. The van der Waals surface area contributed by atoms with Crippen LogP contribution < -0.4 is 5.73 Å². The molecule has 0 saturated heterocycles. The van der Waals surface area contributed by atoms with Gasteiger partial charge in [-0.1, -0.05) is 12.1 Å². The number of benzene rings is 1. The molecule has 0 aliphatic rings. The minimum atomic E-state index is -0.780. The monoisotopic (exact) mass is 201 g/mol. The molecule has 0 amide bonds. The lowest BCUT2D eigenvalue weighted by Crippen LogP contribution is -1.97. The topological polar surface area (TPSA) is 63.3 Å². The highest BCUT2D eigenvalue weighted by atomic mass is 35.5. The average molecular weight is 202 g/mol. The van der Waals surface area contributed by atoms with E-state index in [1.54, 1.807) is 12.1 Å². The molecule has 1 rings (SSSR count). The summed E-state index contributed by atoms with van der Waals surface area (Å²) in [6.07, 6.45) is 0.698. The van der Waals surface area contributed by atoms with Crippen LogP contribution in [0.2, 0.25) is 0 Å². The first-order valence-corrected chi connectivity index (χ1v) is 3.74. The molecular weight excluding hydrogens is 190 g/mol. The predicted octanol–water partition coefficient (Wildman–Crippen LogP) is 1.71. The molecule has 0 aromatic heterocycles. The number of aliphatic carboxylic acids is 1. The summed E-state index contributed by atoms with van der Waals surface area (Å²) in [6, 6.07) is 7.28. The van der Waals surface area contributed by atoms with Gasteiger partial charge in [-0.3, -0.25) is 4.79 Å². The van der Waals surface area contributed by atoms with Gasteiger partial charge in [-0.25, -0.2) is 0 Å². The van der Waals surface area contributed by atoms with Gasteiger partial charge < -0.3 is 10.8 Å². The summed E-state index contributed by atoms with van der Waals surface area (Å²) in [4.78, 5) is 10.2. The van der Waals surface area contributed by atoms with Crippen molar-refractivity contribution in [3.8, 4) is 0 Å². The van der Waals surface area contributed by atoms with Crippen LogP contribution in [0, 0.1) is 0 Å². The Morgan fingerprint density at radius 3 is 2.69 bits per heavy atom. The Bertz CT molecular complexity index is 289. The summed E-state index contributed by atoms with van der Waals surface area (Å²) in [5.41, 5.74) is 7.17. The quantitative estimate of drug-likeness (QED) is 0.732. The van der Waals surface area contributed by atoms with Crippen LogP contribution in [0.5, 0.6) is 0 Å². The fourth-order valence-corrected chi connectivity index (χ4v) is 1.000. The second-order valence-electron chi connectivity index (χ2n) is 2.64. The SMILES string of the molecule is Cl.Nc1cccc(CCC(=O)O)c1. The molecule has 3 nitrogen and oxygen atoms in total. The fourth-order valence-electron chi connectivity index (χ4n) is 1.000. The number of aryl methyl sites for hydroxylation is 1. The van der Waals surface area contributed by atoms with Crippen molar-refractivity contribution in [2.45, 2.75) is 12.8 Å². The van der Waals surface area contributed by atoms with Crippen molar-refractivity contribution < 1.29 is 9.90 Å². The van der Waals surface area contributed by atoms with Crippen LogP contribution >= 0.6 is 12.4 Å². The molecule has 0 unspecified atom stereocenters. The molecule has 4 heteroatoms. The van der Waals surface area contributed by atoms with Crippen molar-refractivity contribution in [2.75, 3.05) is 5.73 Å². The van der Waals surface area contributed by atoms with E-state index in [-0.39, 0.29) is 18.8 Å². The van der Waals surface area contributed by atoms with Gasteiger partial charge in [0.15, 0.2) is 0 Å². The molecule has 0 aliphatic carbocycles. The molecule has 0 radical (unpaired) electrons. The van der Waals surface area contributed by atoms with E-state index in [1.165, 1.54) is 0 Å². The number of carboxylic acids is 1. The molecule has 1 aromatic rings. The van der Waals surface area contributed by atoms with E-state index in [0.29, 0.717) is 12.1 Å². The zero-order valence-electron chi connectivity index (χ0n) is 7.06. The first-order chi connectivity index (χ1) is 5.68. The highest BCUT2D eigenvalue weighted by Crippen LogP contribution is 2.08. The van der Waals surface area contributed by atoms with Crippen LogP contribution in [-0.2, 0) is 11.2 Å². The van der Waals surface area contributed by atoms with E-state index in [9.17, 15) is 4.79 Å². The summed E-state index contributed by atoms with van der Waals surface area (Å²) in [6.45, 7) is 0. The normalized spacial score (nSPS) is 8.92. The number of nitrogens with two attached hydrogens (primary N) is 1. The lowest BCUT2D eigenvalue weighted by atomic mass is 10.1. The summed E-state index contributed by atoms with van der Waals surface area (Å²) < 4.78 is 0. The molecule has 3 N–H and O–H groups in total. The number of hydrogen-bond acceptors (Lipinski definition) is 2. The van der Waals surface area contributed by atoms with Crippen LogP contribution in [0.4, 0.5) is 5.69 Å². The Morgan fingerprint density at radius 2 is 2.15 bits per heavy atom. The minimum absolute atomic E-state index is 0. The maximum atomic E-state index is 10.2. The highest BCUT2D eigenvalue weighted by molar-refractivity contribution is 5.85. The van der Waals surface area contributed by atoms with Crippen LogP contribution in [-0.4, -0.2) is 11.1 Å². The molecule has 72 valence electrons. The van der Waals surface area contributed by atoms with Gasteiger partial charge in [0.25, 0.3) is 0 Å². The first-order valence-electron chi connectivity index (χ1n) is 3.74. The molecule has 0 heterocycles. The van der Waals surface area contributed by atoms with Crippen molar-refractivity contribution in [1.82, 2.24) is 0 Å². The van der Waals surface area contributed by atoms with Crippen molar-refractivity contribution in [3.63, 3.8) is 0 Å². The number of hydrogen-bond donors (Lipinski definition) is 2. The van der Waals surface area contributed by atoms with Gasteiger partial charge in [-0.05, 0) is 24.1 Å². The van der Waals surface area contributed by atoms with Crippen molar-refractivity contribution >= 4 is 24.1 Å². The molecule has 0 fully saturated rings. The zero-order valence-corrected chi connectivity index (χ0v) is 7.88. The van der Waals surface area contributed by atoms with Gasteiger partial charge >= 0.3 is 5.97 Å².